The van der Waals surface area contributed by atoms with Gasteiger partial charge in [-0.25, -0.2) is 0 Å². The molecule has 0 saturated heterocycles. The number of unbranched alkanes of at least 4 members (excludes halogenated alkanes) is 3. The molecule has 0 aromatic heterocycles. The summed E-state index contributed by atoms with van der Waals surface area (Å²) < 4.78 is 5.50. The predicted octanol–water partition coefficient (Wildman–Crippen LogP) is 4.01. The molecule has 0 aliphatic rings. The molecule has 0 N–H and O–H groups in total. The highest BCUT2D eigenvalue weighted by molar-refractivity contribution is 5.76. The van der Waals surface area contributed by atoms with Crippen LogP contribution in [0.4, 0.5) is 0 Å². The van der Waals surface area contributed by atoms with Gasteiger partial charge in [-0.3, -0.25) is 4.79 Å². The van der Waals surface area contributed by atoms with E-state index in [1.54, 1.807) is 0 Å². The smallest absolute Gasteiger partial charge is 0.222 e. The van der Waals surface area contributed by atoms with E-state index in [4.69, 9.17) is 4.74 Å². The highest BCUT2D eigenvalue weighted by Gasteiger charge is 2.11. The van der Waals surface area contributed by atoms with Crippen molar-refractivity contribution in [2.75, 3.05) is 26.3 Å². The fourth-order valence-corrected chi connectivity index (χ4v) is 1.89. The van der Waals surface area contributed by atoms with E-state index in [2.05, 4.69) is 20.8 Å². The van der Waals surface area contributed by atoms with Gasteiger partial charge < -0.3 is 9.64 Å². The molecule has 0 aliphatic heterocycles. The van der Waals surface area contributed by atoms with E-state index in [-0.39, 0.29) is 0 Å². The second-order valence-electron chi connectivity index (χ2n) is 5.16. The van der Waals surface area contributed by atoms with Gasteiger partial charge in [-0.1, -0.05) is 40.0 Å². The molecule has 0 aliphatic carbocycles. The van der Waals surface area contributed by atoms with Crippen molar-refractivity contribution in [1.82, 2.24) is 4.90 Å². The maximum atomic E-state index is 12.1. The molecule has 0 spiro atoms. The zero-order valence-corrected chi connectivity index (χ0v) is 13.2. The molecule has 0 saturated carbocycles. The summed E-state index contributed by atoms with van der Waals surface area (Å²) in [7, 11) is 0. The molecule has 0 atom stereocenters. The number of hydrogen-bond acceptors (Lipinski definition) is 2. The minimum absolute atomic E-state index is 0.306. The number of nitrogens with zero attached hydrogens (tertiary/aromatic N) is 1. The summed E-state index contributed by atoms with van der Waals surface area (Å²) in [6.45, 7) is 9.90. The lowest BCUT2D eigenvalue weighted by Gasteiger charge is -2.22. The summed E-state index contributed by atoms with van der Waals surface area (Å²) in [6.07, 6.45) is 8.31. The van der Waals surface area contributed by atoms with E-state index < -0.39 is 0 Å². The zero-order valence-electron chi connectivity index (χ0n) is 13.2. The SMILES string of the molecule is CCCCOCCCC(=O)N(CCCC)CCCC. The van der Waals surface area contributed by atoms with Gasteiger partial charge in [0.1, 0.15) is 0 Å². The molecule has 0 unspecified atom stereocenters. The second-order valence-corrected chi connectivity index (χ2v) is 5.16. The van der Waals surface area contributed by atoms with E-state index in [1.165, 1.54) is 6.42 Å². The highest BCUT2D eigenvalue weighted by atomic mass is 16.5. The number of carbonyl (C=O) groups excluding carboxylic acids is 1. The summed E-state index contributed by atoms with van der Waals surface area (Å²) in [6, 6.07) is 0. The van der Waals surface area contributed by atoms with Crippen LogP contribution in [0.3, 0.4) is 0 Å². The number of amides is 1. The summed E-state index contributed by atoms with van der Waals surface area (Å²) in [5.74, 6) is 0.306. The van der Waals surface area contributed by atoms with Gasteiger partial charge >= 0.3 is 0 Å². The molecule has 0 radical (unpaired) electrons. The fraction of sp³-hybridized carbons (Fsp3) is 0.938. The van der Waals surface area contributed by atoms with Crippen LogP contribution in [0.2, 0.25) is 0 Å². The van der Waals surface area contributed by atoms with Crippen LogP contribution in [0.1, 0.15) is 72.1 Å². The second kappa shape index (κ2) is 13.9. The lowest BCUT2D eigenvalue weighted by atomic mass is 10.2. The van der Waals surface area contributed by atoms with Crippen molar-refractivity contribution in [2.24, 2.45) is 0 Å². The molecule has 0 aromatic carbocycles. The lowest BCUT2D eigenvalue weighted by Crippen LogP contribution is -2.32. The van der Waals surface area contributed by atoms with Crippen LogP contribution in [0.15, 0.2) is 0 Å². The molecule has 19 heavy (non-hydrogen) atoms. The van der Waals surface area contributed by atoms with Gasteiger partial charge in [0, 0.05) is 32.7 Å². The number of hydrogen-bond donors (Lipinski definition) is 0. The Morgan fingerprint density at radius 3 is 1.89 bits per heavy atom. The Kier molecular flexibility index (Phi) is 13.4. The van der Waals surface area contributed by atoms with E-state index in [1.807, 2.05) is 4.90 Å². The topological polar surface area (TPSA) is 29.5 Å². The van der Waals surface area contributed by atoms with Crippen molar-refractivity contribution in [1.29, 1.82) is 0 Å². The van der Waals surface area contributed by atoms with Gasteiger partial charge in [-0.2, -0.15) is 0 Å². The summed E-state index contributed by atoms with van der Waals surface area (Å²) >= 11 is 0. The Hall–Kier alpha value is -0.570. The largest absolute Gasteiger partial charge is 0.381 e. The normalized spacial score (nSPS) is 10.7. The minimum atomic E-state index is 0.306. The van der Waals surface area contributed by atoms with Crippen molar-refractivity contribution < 1.29 is 9.53 Å². The molecule has 0 aromatic rings. The van der Waals surface area contributed by atoms with Crippen molar-refractivity contribution in [3.8, 4) is 0 Å². The maximum Gasteiger partial charge on any atom is 0.222 e. The summed E-state index contributed by atoms with van der Waals surface area (Å²) in [4.78, 5) is 14.2. The summed E-state index contributed by atoms with van der Waals surface area (Å²) in [5, 5.41) is 0. The molecule has 1 amide bonds. The van der Waals surface area contributed by atoms with Crippen molar-refractivity contribution in [3.05, 3.63) is 0 Å². The number of rotatable bonds is 13. The van der Waals surface area contributed by atoms with Crippen LogP contribution in [0, 0.1) is 0 Å². The van der Waals surface area contributed by atoms with Gasteiger partial charge in [-0.05, 0) is 25.7 Å². The molecule has 3 nitrogen and oxygen atoms in total. The average molecular weight is 271 g/mol. The maximum absolute atomic E-state index is 12.1. The first kappa shape index (κ1) is 18.4. The number of carbonyl (C=O) groups is 1. The third-order valence-electron chi connectivity index (χ3n) is 3.24. The van der Waals surface area contributed by atoms with Gasteiger partial charge in [0.25, 0.3) is 0 Å². The van der Waals surface area contributed by atoms with Crippen LogP contribution in [0.5, 0.6) is 0 Å². The third-order valence-corrected chi connectivity index (χ3v) is 3.24. The number of ether oxygens (including phenoxy) is 1. The molecular weight excluding hydrogens is 238 g/mol. The molecule has 3 heteroatoms. The first-order valence-electron chi connectivity index (χ1n) is 8.11. The van der Waals surface area contributed by atoms with Gasteiger partial charge in [0.2, 0.25) is 5.91 Å². The molecular formula is C16H33NO2. The molecule has 0 heterocycles. The van der Waals surface area contributed by atoms with Crippen LogP contribution in [-0.4, -0.2) is 37.1 Å². The van der Waals surface area contributed by atoms with Gasteiger partial charge in [-0.15, -0.1) is 0 Å². The van der Waals surface area contributed by atoms with E-state index in [9.17, 15) is 4.79 Å². The quantitative estimate of drug-likeness (QED) is 0.474. The van der Waals surface area contributed by atoms with Crippen molar-refractivity contribution in [3.63, 3.8) is 0 Å². The average Bonchev–Trinajstić information content (AvgIpc) is 2.42. The Bertz CT molecular complexity index is 199. The first-order chi connectivity index (χ1) is 9.26. The van der Waals surface area contributed by atoms with Crippen LogP contribution >= 0.6 is 0 Å². The fourth-order valence-electron chi connectivity index (χ4n) is 1.89. The van der Waals surface area contributed by atoms with E-state index in [0.29, 0.717) is 12.3 Å². The van der Waals surface area contributed by atoms with Crippen LogP contribution in [-0.2, 0) is 9.53 Å². The summed E-state index contributed by atoms with van der Waals surface area (Å²) in [5.41, 5.74) is 0. The first-order valence-corrected chi connectivity index (χ1v) is 8.11. The monoisotopic (exact) mass is 271 g/mol. The van der Waals surface area contributed by atoms with Crippen molar-refractivity contribution in [2.45, 2.75) is 72.1 Å². The Morgan fingerprint density at radius 1 is 0.842 bits per heavy atom. The van der Waals surface area contributed by atoms with Crippen LogP contribution < -0.4 is 0 Å². The highest BCUT2D eigenvalue weighted by Crippen LogP contribution is 2.04. The van der Waals surface area contributed by atoms with Crippen molar-refractivity contribution >= 4 is 5.91 Å². The minimum Gasteiger partial charge on any atom is -0.381 e. The molecule has 114 valence electrons. The molecule has 0 bridgehead atoms. The Labute approximate surface area is 119 Å². The molecule has 0 rings (SSSR count). The molecule has 0 fully saturated rings. The van der Waals surface area contributed by atoms with Crippen LogP contribution in [0.25, 0.3) is 0 Å². The predicted molar refractivity (Wildman–Crippen MR) is 81.4 cm³/mol. The lowest BCUT2D eigenvalue weighted by molar-refractivity contribution is -0.131. The van der Waals surface area contributed by atoms with Gasteiger partial charge in [0.05, 0.1) is 0 Å². The van der Waals surface area contributed by atoms with E-state index in [0.717, 1.165) is 64.8 Å². The third kappa shape index (κ3) is 11.0. The van der Waals surface area contributed by atoms with Gasteiger partial charge in [0.15, 0.2) is 0 Å². The Balaban J connectivity index is 3.76. The zero-order chi connectivity index (χ0) is 14.3. The Morgan fingerprint density at radius 2 is 1.37 bits per heavy atom. The van der Waals surface area contributed by atoms with E-state index >= 15 is 0 Å². The standard InChI is InChI=1S/C16H33NO2/c1-4-7-12-17(13-8-5-2)16(18)11-10-15-19-14-9-6-3/h4-15H2,1-3H3.